The molecule has 2 heteroatoms. The maximum absolute atomic E-state index is 5.94. The van der Waals surface area contributed by atoms with Crippen LogP contribution >= 0.6 is 0 Å². The Morgan fingerprint density at radius 1 is 0.947 bits per heavy atom. The molecule has 0 aliphatic rings. The van der Waals surface area contributed by atoms with E-state index in [9.17, 15) is 0 Å². The molecular formula is C17H24O2. The number of aryl methyl sites for hydroxylation is 1. The number of rotatable bonds is 1. The second-order valence-corrected chi connectivity index (χ2v) is 6.66. The first-order valence-corrected chi connectivity index (χ1v) is 6.55. The Balaban J connectivity index is 3.00. The van der Waals surface area contributed by atoms with Crippen LogP contribution in [0.15, 0.2) is 18.2 Å². The van der Waals surface area contributed by atoms with Crippen LogP contribution in [0.3, 0.4) is 0 Å². The topological polar surface area (TPSA) is 18.5 Å². The summed E-state index contributed by atoms with van der Waals surface area (Å²) in [7, 11) is 0. The summed E-state index contributed by atoms with van der Waals surface area (Å²) in [6.45, 7) is 14.0. The third kappa shape index (κ3) is 6.20. The van der Waals surface area contributed by atoms with Gasteiger partial charge in [0.05, 0.1) is 5.56 Å². The van der Waals surface area contributed by atoms with Gasteiger partial charge in [-0.2, -0.15) is 0 Å². The number of ether oxygens (including phenoxy) is 2. The van der Waals surface area contributed by atoms with Gasteiger partial charge in [-0.25, -0.2) is 0 Å². The smallest absolute Gasteiger partial charge is 0.136 e. The average Bonchev–Trinajstić information content (AvgIpc) is 2.17. The second-order valence-electron chi connectivity index (χ2n) is 6.66. The van der Waals surface area contributed by atoms with Gasteiger partial charge in [-0.05, 0) is 72.1 Å². The molecule has 1 aromatic carbocycles. The van der Waals surface area contributed by atoms with Gasteiger partial charge in [0.2, 0.25) is 0 Å². The molecule has 0 radical (unpaired) electrons. The van der Waals surface area contributed by atoms with E-state index in [-0.39, 0.29) is 11.2 Å². The summed E-state index contributed by atoms with van der Waals surface area (Å²) in [5.74, 6) is 3.83. The van der Waals surface area contributed by atoms with Crippen molar-refractivity contribution in [3.63, 3.8) is 0 Å². The van der Waals surface area contributed by atoms with Gasteiger partial charge in [-0.3, -0.25) is 0 Å². The summed E-state index contributed by atoms with van der Waals surface area (Å²) < 4.78 is 11.4. The molecule has 0 heterocycles. The van der Waals surface area contributed by atoms with Gasteiger partial charge in [0, 0.05) is 0 Å². The summed E-state index contributed by atoms with van der Waals surface area (Å²) >= 11 is 0. The van der Waals surface area contributed by atoms with E-state index in [2.05, 4.69) is 12.0 Å². The minimum absolute atomic E-state index is 0.241. The fourth-order valence-corrected chi connectivity index (χ4v) is 1.38. The van der Waals surface area contributed by atoms with E-state index in [1.165, 1.54) is 0 Å². The Bertz CT molecular complexity index is 491. The molecule has 0 amide bonds. The van der Waals surface area contributed by atoms with Crippen molar-refractivity contribution >= 4 is 0 Å². The van der Waals surface area contributed by atoms with Crippen LogP contribution in [-0.2, 0) is 4.74 Å². The Morgan fingerprint density at radius 3 is 2.11 bits per heavy atom. The van der Waals surface area contributed by atoms with Crippen molar-refractivity contribution in [3.8, 4) is 17.8 Å². The first-order chi connectivity index (χ1) is 8.57. The maximum Gasteiger partial charge on any atom is 0.136 e. The van der Waals surface area contributed by atoms with Gasteiger partial charge < -0.3 is 9.47 Å². The van der Waals surface area contributed by atoms with Gasteiger partial charge in [0.15, 0.2) is 0 Å². The van der Waals surface area contributed by atoms with E-state index in [1.807, 2.05) is 66.7 Å². The largest absolute Gasteiger partial charge is 0.487 e. The fourth-order valence-electron chi connectivity index (χ4n) is 1.38. The molecule has 2 nitrogen and oxygen atoms in total. The molecule has 0 unspecified atom stereocenters. The lowest BCUT2D eigenvalue weighted by Gasteiger charge is -2.22. The van der Waals surface area contributed by atoms with Gasteiger partial charge in [-0.1, -0.05) is 6.07 Å². The lowest BCUT2D eigenvalue weighted by Crippen LogP contribution is -2.23. The Labute approximate surface area is 117 Å². The number of hydrogen-bond acceptors (Lipinski definition) is 2. The molecule has 0 spiro atoms. The Kier molecular flexibility index (Phi) is 4.52. The minimum atomic E-state index is -0.261. The summed E-state index contributed by atoms with van der Waals surface area (Å²) in [5.41, 5.74) is 1.50. The van der Waals surface area contributed by atoms with Crippen molar-refractivity contribution in [1.29, 1.82) is 0 Å². The molecule has 1 aromatic rings. The predicted octanol–water partition coefficient (Wildman–Crippen LogP) is 4.30. The summed E-state index contributed by atoms with van der Waals surface area (Å²) in [6, 6.07) is 6.00. The molecule has 0 N–H and O–H groups in total. The maximum atomic E-state index is 5.94. The van der Waals surface area contributed by atoms with Gasteiger partial charge in [0.1, 0.15) is 23.1 Å². The molecular weight excluding hydrogens is 236 g/mol. The van der Waals surface area contributed by atoms with E-state index in [1.54, 1.807) is 0 Å². The molecule has 0 saturated carbocycles. The highest BCUT2D eigenvalue weighted by Crippen LogP contribution is 2.24. The van der Waals surface area contributed by atoms with E-state index < -0.39 is 0 Å². The van der Waals surface area contributed by atoms with Crippen LogP contribution in [0.2, 0.25) is 0 Å². The zero-order valence-corrected chi connectivity index (χ0v) is 13.0. The highest BCUT2D eigenvalue weighted by Gasteiger charge is 2.14. The van der Waals surface area contributed by atoms with Crippen LogP contribution in [0.4, 0.5) is 0 Å². The van der Waals surface area contributed by atoms with Crippen LogP contribution in [0.5, 0.6) is 5.75 Å². The molecule has 0 aliphatic heterocycles. The number of benzene rings is 1. The zero-order valence-electron chi connectivity index (χ0n) is 13.0. The SMILES string of the molecule is Cc1ccc(C#COC(C)(C)C)c(OC(C)(C)C)c1. The minimum Gasteiger partial charge on any atom is -0.487 e. The van der Waals surface area contributed by atoms with Crippen molar-refractivity contribution in [1.82, 2.24) is 0 Å². The first kappa shape index (κ1) is 15.4. The standard InChI is InChI=1S/C17H24O2/c1-13-8-9-14(10-11-18-16(2,3)4)15(12-13)19-17(5,6)7/h8-9,12H,1-7H3. The van der Waals surface area contributed by atoms with Crippen molar-refractivity contribution in [3.05, 3.63) is 29.3 Å². The average molecular weight is 260 g/mol. The third-order valence-electron chi connectivity index (χ3n) is 2.10. The molecule has 0 bridgehead atoms. The Hall–Kier alpha value is -1.62. The molecule has 104 valence electrons. The molecule has 0 fully saturated rings. The van der Waals surface area contributed by atoms with Crippen molar-refractivity contribution in [2.45, 2.75) is 59.7 Å². The highest BCUT2D eigenvalue weighted by molar-refractivity contribution is 5.47. The molecule has 0 aromatic heterocycles. The van der Waals surface area contributed by atoms with Crippen LogP contribution in [0.1, 0.15) is 52.7 Å². The summed E-state index contributed by atoms with van der Waals surface area (Å²) in [6.07, 6.45) is 2.76. The van der Waals surface area contributed by atoms with Crippen LogP contribution in [0, 0.1) is 19.0 Å². The number of hydrogen-bond donors (Lipinski definition) is 0. The van der Waals surface area contributed by atoms with E-state index in [0.29, 0.717) is 0 Å². The quantitative estimate of drug-likeness (QED) is 0.701. The predicted molar refractivity (Wildman–Crippen MR) is 79.3 cm³/mol. The molecule has 19 heavy (non-hydrogen) atoms. The van der Waals surface area contributed by atoms with Crippen molar-refractivity contribution in [2.75, 3.05) is 0 Å². The van der Waals surface area contributed by atoms with Gasteiger partial charge in [-0.15, -0.1) is 0 Å². The summed E-state index contributed by atoms with van der Waals surface area (Å²) in [4.78, 5) is 0. The fraction of sp³-hybridized carbons (Fsp3) is 0.529. The Morgan fingerprint density at radius 2 is 1.58 bits per heavy atom. The summed E-state index contributed by atoms with van der Waals surface area (Å²) in [5, 5.41) is 0. The van der Waals surface area contributed by atoms with Crippen LogP contribution in [-0.4, -0.2) is 11.2 Å². The van der Waals surface area contributed by atoms with E-state index in [4.69, 9.17) is 9.47 Å². The lowest BCUT2D eigenvalue weighted by molar-refractivity contribution is 0.0962. The lowest BCUT2D eigenvalue weighted by atomic mass is 10.1. The monoisotopic (exact) mass is 260 g/mol. The second kappa shape index (κ2) is 5.57. The van der Waals surface area contributed by atoms with E-state index in [0.717, 1.165) is 16.9 Å². The molecule has 0 saturated heterocycles. The molecule has 1 rings (SSSR count). The normalized spacial score (nSPS) is 11.5. The van der Waals surface area contributed by atoms with E-state index >= 15 is 0 Å². The van der Waals surface area contributed by atoms with Crippen molar-refractivity contribution in [2.24, 2.45) is 0 Å². The van der Waals surface area contributed by atoms with Gasteiger partial charge in [0.25, 0.3) is 0 Å². The van der Waals surface area contributed by atoms with Crippen molar-refractivity contribution < 1.29 is 9.47 Å². The highest BCUT2D eigenvalue weighted by atomic mass is 16.5. The molecule has 0 atom stereocenters. The van der Waals surface area contributed by atoms with Crippen LogP contribution in [0.25, 0.3) is 0 Å². The first-order valence-electron chi connectivity index (χ1n) is 6.55. The van der Waals surface area contributed by atoms with Crippen LogP contribution < -0.4 is 4.74 Å². The molecule has 0 aliphatic carbocycles. The zero-order chi connectivity index (χ0) is 14.7. The third-order valence-corrected chi connectivity index (χ3v) is 2.10. The van der Waals surface area contributed by atoms with Gasteiger partial charge >= 0.3 is 0 Å².